The van der Waals surface area contributed by atoms with E-state index in [2.05, 4.69) is 15.3 Å². The minimum Gasteiger partial charge on any atom is -0.480 e. The van der Waals surface area contributed by atoms with Gasteiger partial charge in [0.25, 0.3) is 0 Å². The van der Waals surface area contributed by atoms with Gasteiger partial charge in [0.1, 0.15) is 23.0 Å². The van der Waals surface area contributed by atoms with Crippen molar-refractivity contribution in [2.24, 2.45) is 0 Å². The van der Waals surface area contributed by atoms with E-state index in [9.17, 15) is 4.79 Å². The molecule has 2 aromatic heterocycles. The van der Waals surface area contributed by atoms with Crippen molar-refractivity contribution in [2.45, 2.75) is 32.2 Å². The molecule has 1 aliphatic carbocycles. The molecule has 0 radical (unpaired) electrons. The van der Waals surface area contributed by atoms with Crippen LogP contribution in [-0.2, 0) is 17.6 Å². The average molecular weight is 263 g/mol. The summed E-state index contributed by atoms with van der Waals surface area (Å²) in [5.74, 6) is -0.233. The Hall–Kier alpha value is -1.69. The quantitative estimate of drug-likeness (QED) is 0.886. The summed E-state index contributed by atoms with van der Waals surface area (Å²) in [7, 11) is 0. The minimum atomic E-state index is -0.881. The number of anilines is 1. The fraction of sp³-hybridized carbons (Fsp3) is 0.417. The van der Waals surface area contributed by atoms with Crippen LogP contribution >= 0.6 is 11.3 Å². The molecule has 0 amide bonds. The number of aryl methyl sites for hydroxylation is 2. The lowest BCUT2D eigenvalue weighted by Crippen LogP contribution is -2.26. The van der Waals surface area contributed by atoms with E-state index in [1.165, 1.54) is 23.2 Å². The van der Waals surface area contributed by atoms with Crippen LogP contribution in [-0.4, -0.2) is 27.1 Å². The molecule has 3 rings (SSSR count). The van der Waals surface area contributed by atoms with E-state index in [0.717, 1.165) is 23.1 Å². The first kappa shape index (κ1) is 11.4. The number of aliphatic carboxylic acids is 1. The monoisotopic (exact) mass is 263 g/mol. The second kappa shape index (κ2) is 4.20. The van der Waals surface area contributed by atoms with Gasteiger partial charge in [-0.3, -0.25) is 4.79 Å². The number of hydrogen-bond donors (Lipinski definition) is 2. The number of carboxylic acid groups (broad SMARTS) is 1. The fourth-order valence-electron chi connectivity index (χ4n) is 2.30. The van der Waals surface area contributed by atoms with Crippen molar-refractivity contribution >= 4 is 33.3 Å². The van der Waals surface area contributed by atoms with Gasteiger partial charge in [-0.15, -0.1) is 11.3 Å². The zero-order valence-corrected chi connectivity index (χ0v) is 10.8. The van der Waals surface area contributed by atoms with E-state index >= 15 is 0 Å². The molecule has 0 fully saturated rings. The number of carbonyl (C=O) groups is 1. The van der Waals surface area contributed by atoms with Crippen LogP contribution in [0.3, 0.4) is 0 Å². The number of rotatable bonds is 3. The molecular formula is C12H13N3O2S. The van der Waals surface area contributed by atoms with Crippen LogP contribution in [0.5, 0.6) is 0 Å². The van der Waals surface area contributed by atoms with Crippen LogP contribution in [0.25, 0.3) is 10.2 Å². The predicted octanol–water partition coefficient (Wildman–Crippen LogP) is 2.06. The standard InChI is InChI=1S/C12H13N3O2S/c1-6(12(16)17)15-10-9-7-3-2-4-8(7)18-11(9)14-5-13-10/h5-6H,2-4H2,1H3,(H,16,17)(H,13,14,15)/t6-/m1/s1. The van der Waals surface area contributed by atoms with Crippen molar-refractivity contribution in [3.05, 3.63) is 16.8 Å². The molecular weight excluding hydrogens is 250 g/mol. The summed E-state index contributed by atoms with van der Waals surface area (Å²) in [5.41, 5.74) is 1.30. The third kappa shape index (κ3) is 1.73. The maximum Gasteiger partial charge on any atom is 0.325 e. The summed E-state index contributed by atoms with van der Waals surface area (Å²) in [6, 6.07) is -0.653. The Kier molecular flexibility index (Phi) is 2.66. The maximum atomic E-state index is 10.9. The molecule has 0 aromatic carbocycles. The van der Waals surface area contributed by atoms with E-state index in [1.54, 1.807) is 18.3 Å². The second-order valence-electron chi connectivity index (χ2n) is 4.46. The minimum absolute atomic E-state index is 0.648. The summed E-state index contributed by atoms with van der Waals surface area (Å²) in [6.07, 6.45) is 4.80. The van der Waals surface area contributed by atoms with Gasteiger partial charge < -0.3 is 10.4 Å². The number of thiophene rings is 1. The topological polar surface area (TPSA) is 75.1 Å². The molecule has 2 N–H and O–H groups in total. The third-order valence-electron chi connectivity index (χ3n) is 3.22. The van der Waals surface area contributed by atoms with Crippen molar-refractivity contribution in [3.63, 3.8) is 0 Å². The Balaban J connectivity index is 2.09. The van der Waals surface area contributed by atoms with Gasteiger partial charge in [0, 0.05) is 4.88 Å². The first-order valence-electron chi connectivity index (χ1n) is 5.91. The highest BCUT2D eigenvalue weighted by Gasteiger charge is 2.22. The number of nitrogens with one attached hydrogen (secondary N) is 1. The number of nitrogens with zero attached hydrogens (tertiary/aromatic N) is 2. The molecule has 94 valence electrons. The highest BCUT2D eigenvalue weighted by Crippen LogP contribution is 2.39. The first-order chi connectivity index (χ1) is 8.66. The number of aromatic nitrogens is 2. The van der Waals surface area contributed by atoms with Crippen molar-refractivity contribution in [1.29, 1.82) is 0 Å². The summed E-state index contributed by atoms with van der Waals surface area (Å²) in [5, 5.41) is 12.9. The Labute approximate surface area is 108 Å². The highest BCUT2D eigenvalue weighted by molar-refractivity contribution is 7.19. The molecule has 5 nitrogen and oxygen atoms in total. The second-order valence-corrected chi connectivity index (χ2v) is 5.55. The largest absolute Gasteiger partial charge is 0.480 e. The van der Waals surface area contributed by atoms with Gasteiger partial charge in [0.2, 0.25) is 0 Å². The van der Waals surface area contributed by atoms with Gasteiger partial charge in [-0.25, -0.2) is 9.97 Å². The number of fused-ring (bicyclic) bond motifs is 3. The Morgan fingerprint density at radius 2 is 2.33 bits per heavy atom. The van der Waals surface area contributed by atoms with Crippen LogP contribution in [0.4, 0.5) is 5.82 Å². The zero-order chi connectivity index (χ0) is 12.7. The van der Waals surface area contributed by atoms with Gasteiger partial charge in [0.05, 0.1) is 5.39 Å². The number of carboxylic acids is 1. The Bertz CT molecular complexity index is 623. The molecule has 0 saturated heterocycles. The van der Waals surface area contributed by atoms with Crippen LogP contribution in [0.15, 0.2) is 6.33 Å². The molecule has 1 atom stereocenters. The van der Waals surface area contributed by atoms with Crippen LogP contribution in [0.2, 0.25) is 0 Å². The summed E-state index contributed by atoms with van der Waals surface area (Å²) in [6.45, 7) is 1.61. The molecule has 1 aliphatic rings. The summed E-state index contributed by atoms with van der Waals surface area (Å²) in [4.78, 5) is 21.7. The number of hydrogen-bond acceptors (Lipinski definition) is 5. The average Bonchev–Trinajstić information content (AvgIpc) is 2.88. The van der Waals surface area contributed by atoms with E-state index in [4.69, 9.17) is 5.11 Å². The highest BCUT2D eigenvalue weighted by atomic mass is 32.1. The van der Waals surface area contributed by atoms with Crippen molar-refractivity contribution in [2.75, 3.05) is 5.32 Å². The first-order valence-corrected chi connectivity index (χ1v) is 6.73. The maximum absolute atomic E-state index is 10.9. The molecule has 0 saturated carbocycles. The lowest BCUT2D eigenvalue weighted by atomic mass is 10.2. The Morgan fingerprint density at radius 1 is 1.50 bits per heavy atom. The Morgan fingerprint density at radius 3 is 3.11 bits per heavy atom. The lowest BCUT2D eigenvalue weighted by Gasteiger charge is -2.11. The van der Waals surface area contributed by atoms with Crippen molar-refractivity contribution < 1.29 is 9.90 Å². The van der Waals surface area contributed by atoms with Gasteiger partial charge in [-0.2, -0.15) is 0 Å². The molecule has 0 unspecified atom stereocenters. The summed E-state index contributed by atoms with van der Waals surface area (Å²) < 4.78 is 0. The molecule has 18 heavy (non-hydrogen) atoms. The molecule has 2 aromatic rings. The molecule has 0 aliphatic heterocycles. The van der Waals surface area contributed by atoms with Crippen LogP contribution in [0.1, 0.15) is 23.8 Å². The van der Waals surface area contributed by atoms with E-state index in [1.807, 2.05) is 0 Å². The van der Waals surface area contributed by atoms with Gasteiger partial charge >= 0.3 is 5.97 Å². The fourth-order valence-corrected chi connectivity index (χ4v) is 3.53. The SMILES string of the molecule is C[C@@H](Nc1ncnc2sc3c(c12)CCC3)C(=O)O. The molecule has 0 spiro atoms. The molecule has 6 heteroatoms. The smallest absolute Gasteiger partial charge is 0.325 e. The van der Waals surface area contributed by atoms with Crippen molar-refractivity contribution in [1.82, 2.24) is 9.97 Å². The third-order valence-corrected chi connectivity index (χ3v) is 4.42. The predicted molar refractivity (Wildman–Crippen MR) is 70.2 cm³/mol. The summed E-state index contributed by atoms with van der Waals surface area (Å²) >= 11 is 1.70. The van der Waals surface area contributed by atoms with Crippen LogP contribution < -0.4 is 5.32 Å². The van der Waals surface area contributed by atoms with Crippen LogP contribution in [0, 0.1) is 0 Å². The molecule has 2 heterocycles. The molecule has 0 bridgehead atoms. The van der Waals surface area contributed by atoms with Gasteiger partial charge in [0.15, 0.2) is 0 Å². The zero-order valence-electron chi connectivity index (χ0n) is 9.93. The lowest BCUT2D eigenvalue weighted by molar-refractivity contribution is -0.137. The van der Waals surface area contributed by atoms with E-state index < -0.39 is 12.0 Å². The van der Waals surface area contributed by atoms with Crippen molar-refractivity contribution in [3.8, 4) is 0 Å². The van der Waals surface area contributed by atoms with Gasteiger partial charge in [-0.05, 0) is 31.7 Å². The van der Waals surface area contributed by atoms with Gasteiger partial charge in [-0.1, -0.05) is 0 Å². The normalized spacial score (nSPS) is 15.6. The van der Waals surface area contributed by atoms with E-state index in [-0.39, 0.29) is 0 Å². The van der Waals surface area contributed by atoms with E-state index in [0.29, 0.717) is 5.82 Å².